The van der Waals surface area contributed by atoms with Crippen LogP contribution in [-0.2, 0) is 16.0 Å². The molecule has 0 heterocycles. The number of benzene rings is 2. The Bertz CT molecular complexity index is 638. The van der Waals surface area contributed by atoms with E-state index in [9.17, 15) is 9.90 Å². The Morgan fingerprint density at radius 2 is 1.87 bits per heavy atom. The van der Waals surface area contributed by atoms with Gasteiger partial charge in [0.15, 0.2) is 12.8 Å². The van der Waals surface area contributed by atoms with Crippen LogP contribution in [0.25, 0.3) is 0 Å². The third kappa shape index (κ3) is 5.56. The molecular weight excluding hydrogens is 294 g/mol. The van der Waals surface area contributed by atoms with Crippen molar-refractivity contribution < 1.29 is 19.4 Å². The minimum absolute atomic E-state index is 0.179. The number of methoxy groups -OCH3 is 1. The molecule has 2 aromatic carbocycles. The van der Waals surface area contributed by atoms with Crippen molar-refractivity contribution in [2.75, 3.05) is 13.9 Å². The lowest BCUT2D eigenvalue weighted by molar-refractivity contribution is -0.138. The van der Waals surface area contributed by atoms with Crippen molar-refractivity contribution in [3.8, 4) is 5.75 Å². The van der Waals surface area contributed by atoms with Gasteiger partial charge in [-0.2, -0.15) is 0 Å². The predicted molar refractivity (Wildman–Crippen MR) is 88.1 cm³/mol. The number of carboxylic acids is 1. The molecule has 0 saturated carbocycles. The second kappa shape index (κ2) is 8.70. The SMILES string of the molecule is COCOc1ccc(CC(/N=C/c2ccccc2)C(=O)O)cc1. The summed E-state index contributed by atoms with van der Waals surface area (Å²) in [7, 11) is 1.55. The molecule has 0 aliphatic carbocycles. The molecule has 2 rings (SSSR count). The highest BCUT2D eigenvalue weighted by molar-refractivity contribution is 5.83. The molecule has 0 fully saturated rings. The van der Waals surface area contributed by atoms with Gasteiger partial charge in [-0.05, 0) is 23.3 Å². The highest BCUT2D eigenvalue weighted by Gasteiger charge is 2.16. The fourth-order valence-electron chi connectivity index (χ4n) is 1.99. The summed E-state index contributed by atoms with van der Waals surface area (Å²) in [4.78, 5) is 15.6. The first-order valence-electron chi connectivity index (χ1n) is 7.21. The van der Waals surface area contributed by atoms with Gasteiger partial charge in [-0.15, -0.1) is 0 Å². The standard InChI is InChI=1S/C18H19NO4/c1-22-13-23-16-9-7-14(8-10-16)11-17(18(20)21)19-12-15-5-3-2-4-6-15/h2-10,12,17H,11,13H2,1H3,(H,20,21)/b19-12+. The number of aliphatic carboxylic acids is 1. The van der Waals surface area contributed by atoms with Gasteiger partial charge in [0.2, 0.25) is 0 Å². The maximum absolute atomic E-state index is 11.4. The average Bonchev–Trinajstić information content (AvgIpc) is 2.58. The Morgan fingerprint density at radius 3 is 2.48 bits per heavy atom. The summed E-state index contributed by atoms with van der Waals surface area (Å²) in [6, 6.07) is 15.8. The van der Waals surface area contributed by atoms with Crippen molar-refractivity contribution in [1.82, 2.24) is 0 Å². The van der Waals surface area contributed by atoms with Crippen LogP contribution < -0.4 is 4.74 Å². The number of hydrogen-bond donors (Lipinski definition) is 1. The number of carbonyl (C=O) groups is 1. The fourth-order valence-corrected chi connectivity index (χ4v) is 1.99. The number of ether oxygens (including phenoxy) is 2. The molecule has 1 N–H and O–H groups in total. The van der Waals surface area contributed by atoms with E-state index in [0.717, 1.165) is 11.1 Å². The van der Waals surface area contributed by atoms with E-state index in [1.807, 2.05) is 42.5 Å². The van der Waals surface area contributed by atoms with Crippen molar-refractivity contribution >= 4 is 12.2 Å². The Balaban J connectivity index is 2.02. The zero-order valence-corrected chi connectivity index (χ0v) is 12.9. The number of rotatable bonds is 8. The second-order valence-corrected chi connectivity index (χ2v) is 4.94. The van der Waals surface area contributed by atoms with Crippen molar-refractivity contribution in [3.63, 3.8) is 0 Å². The molecule has 5 nitrogen and oxygen atoms in total. The van der Waals surface area contributed by atoms with Gasteiger partial charge >= 0.3 is 5.97 Å². The minimum atomic E-state index is -0.947. The molecule has 0 aliphatic rings. The smallest absolute Gasteiger partial charge is 0.328 e. The summed E-state index contributed by atoms with van der Waals surface area (Å²) in [6.07, 6.45) is 1.91. The largest absolute Gasteiger partial charge is 0.480 e. The number of nitrogens with zero attached hydrogens (tertiary/aromatic N) is 1. The van der Waals surface area contributed by atoms with Crippen LogP contribution in [0.1, 0.15) is 11.1 Å². The van der Waals surface area contributed by atoms with E-state index in [1.165, 1.54) is 0 Å². The molecular formula is C18H19NO4. The van der Waals surface area contributed by atoms with Gasteiger partial charge in [0.05, 0.1) is 0 Å². The Kier molecular flexibility index (Phi) is 6.32. The molecule has 0 radical (unpaired) electrons. The number of carboxylic acid groups (broad SMARTS) is 1. The fraction of sp³-hybridized carbons (Fsp3) is 0.222. The first-order valence-corrected chi connectivity index (χ1v) is 7.21. The first-order chi connectivity index (χ1) is 11.2. The molecule has 23 heavy (non-hydrogen) atoms. The third-order valence-electron chi connectivity index (χ3n) is 3.18. The molecule has 0 saturated heterocycles. The molecule has 0 aromatic heterocycles. The summed E-state index contributed by atoms with van der Waals surface area (Å²) in [6.45, 7) is 0.179. The van der Waals surface area contributed by atoms with Crippen LogP contribution in [0.15, 0.2) is 59.6 Å². The lowest BCUT2D eigenvalue weighted by Gasteiger charge is -2.09. The van der Waals surface area contributed by atoms with Crippen LogP contribution in [0.2, 0.25) is 0 Å². The summed E-state index contributed by atoms with van der Waals surface area (Å²) < 4.78 is 10.1. The Morgan fingerprint density at radius 1 is 1.17 bits per heavy atom. The molecule has 5 heteroatoms. The molecule has 0 spiro atoms. The Hall–Kier alpha value is -2.66. The summed E-state index contributed by atoms with van der Waals surface area (Å²) in [5.74, 6) is -0.271. The van der Waals surface area contributed by atoms with Crippen LogP contribution in [-0.4, -0.2) is 37.2 Å². The zero-order chi connectivity index (χ0) is 16.5. The van der Waals surface area contributed by atoms with Gasteiger partial charge in [0.1, 0.15) is 5.75 Å². The topological polar surface area (TPSA) is 68.1 Å². The van der Waals surface area contributed by atoms with Crippen LogP contribution in [0.4, 0.5) is 0 Å². The van der Waals surface area contributed by atoms with Gasteiger partial charge in [0, 0.05) is 19.7 Å². The molecule has 1 atom stereocenters. The minimum Gasteiger partial charge on any atom is -0.480 e. The lowest BCUT2D eigenvalue weighted by Crippen LogP contribution is -2.20. The molecule has 0 aliphatic heterocycles. The summed E-state index contributed by atoms with van der Waals surface area (Å²) in [5, 5.41) is 9.33. The predicted octanol–water partition coefficient (Wildman–Crippen LogP) is 2.78. The number of aliphatic imine (C=N–C) groups is 1. The van der Waals surface area contributed by atoms with Crippen molar-refractivity contribution in [2.24, 2.45) is 4.99 Å². The van der Waals surface area contributed by atoms with E-state index >= 15 is 0 Å². The maximum Gasteiger partial charge on any atom is 0.328 e. The monoisotopic (exact) mass is 313 g/mol. The number of hydrogen-bond acceptors (Lipinski definition) is 4. The summed E-state index contributed by atoms with van der Waals surface area (Å²) >= 11 is 0. The van der Waals surface area contributed by atoms with Gasteiger partial charge in [-0.3, -0.25) is 4.99 Å². The summed E-state index contributed by atoms with van der Waals surface area (Å²) in [5.41, 5.74) is 1.76. The molecule has 0 bridgehead atoms. The van der Waals surface area contributed by atoms with Gasteiger partial charge in [-0.25, -0.2) is 4.79 Å². The van der Waals surface area contributed by atoms with Gasteiger partial charge in [0.25, 0.3) is 0 Å². The molecule has 0 amide bonds. The van der Waals surface area contributed by atoms with E-state index in [2.05, 4.69) is 4.99 Å². The van der Waals surface area contributed by atoms with E-state index in [-0.39, 0.29) is 6.79 Å². The van der Waals surface area contributed by atoms with Crippen LogP contribution in [0, 0.1) is 0 Å². The van der Waals surface area contributed by atoms with Crippen molar-refractivity contribution in [3.05, 3.63) is 65.7 Å². The van der Waals surface area contributed by atoms with Crippen LogP contribution in [0.5, 0.6) is 5.75 Å². The van der Waals surface area contributed by atoms with Crippen molar-refractivity contribution in [1.29, 1.82) is 0 Å². The maximum atomic E-state index is 11.4. The van der Waals surface area contributed by atoms with Crippen molar-refractivity contribution in [2.45, 2.75) is 12.5 Å². The van der Waals surface area contributed by atoms with E-state index in [4.69, 9.17) is 9.47 Å². The van der Waals surface area contributed by atoms with E-state index < -0.39 is 12.0 Å². The molecule has 2 aromatic rings. The quantitative estimate of drug-likeness (QED) is 0.601. The van der Waals surface area contributed by atoms with Crippen LogP contribution >= 0.6 is 0 Å². The zero-order valence-electron chi connectivity index (χ0n) is 12.9. The van der Waals surface area contributed by atoms with Gasteiger partial charge in [-0.1, -0.05) is 42.5 Å². The molecule has 1 unspecified atom stereocenters. The first kappa shape index (κ1) is 16.7. The second-order valence-electron chi connectivity index (χ2n) is 4.94. The highest BCUT2D eigenvalue weighted by Crippen LogP contribution is 2.14. The molecule has 120 valence electrons. The third-order valence-corrected chi connectivity index (χ3v) is 3.18. The van der Waals surface area contributed by atoms with Gasteiger partial charge < -0.3 is 14.6 Å². The van der Waals surface area contributed by atoms with E-state index in [1.54, 1.807) is 25.5 Å². The highest BCUT2D eigenvalue weighted by atomic mass is 16.7. The normalized spacial score (nSPS) is 12.2. The Labute approximate surface area is 135 Å². The van der Waals surface area contributed by atoms with E-state index in [0.29, 0.717) is 12.2 Å². The lowest BCUT2D eigenvalue weighted by atomic mass is 10.1. The van der Waals surface area contributed by atoms with Crippen LogP contribution in [0.3, 0.4) is 0 Å². The average molecular weight is 313 g/mol.